The SMILES string of the molecule is Cc1c(C)c(C)c(OS(=O)Nc2c(C)c(C)c(O)c(C)c2C)c(C)c1C. The molecule has 0 spiro atoms. The van der Waals surface area contributed by atoms with Crippen molar-refractivity contribution in [2.24, 2.45) is 0 Å². The highest BCUT2D eigenvalue weighted by atomic mass is 32.2. The molecule has 2 aromatic rings. The van der Waals surface area contributed by atoms with E-state index < -0.39 is 11.3 Å². The summed E-state index contributed by atoms with van der Waals surface area (Å²) in [7, 11) is 0. The zero-order chi connectivity index (χ0) is 19.9. The molecule has 0 aliphatic heterocycles. The van der Waals surface area contributed by atoms with Gasteiger partial charge in [-0.25, -0.2) is 0 Å². The molecule has 0 aromatic heterocycles. The van der Waals surface area contributed by atoms with Crippen LogP contribution >= 0.6 is 0 Å². The summed E-state index contributed by atoms with van der Waals surface area (Å²) in [5, 5.41) is 10.2. The van der Waals surface area contributed by atoms with Crippen LogP contribution in [0.25, 0.3) is 0 Å². The topological polar surface area (TPSA) is 58.6 Å². The van der Waals surface area contributed by atoms with Gasteiger partial charge in [-0.15, -0.1) is 0 Å². The van der Waals surface area contributed by atoms with Gasteiger partial charge in [0.1, 0.15) is 11.5 Å². The average molecular weight is 376 g/mol. The van der Waals surface area contributed by atoms with Crippen molar-refractivity contribution >= 4 is 17.0 Å². The second-order valence-corrected chi connectivity index (χ2v) is 7.94. The fraction of sp³-hybridized carbons (Fsp3) is 0.429. The first-order valence-electron chi connectivity index (χ1n) is 8.72. The van der Waals surface area contributed by atoms with Gasteiger partial charge in [-0.1, -0.05) is 0 Å². The van der Waals surface area contributed by atoms with E-state index in [0.29, 0.717) is 5.75 Å². The highest BCUT2D eigenvalue weighted by Crippen LogP contribution is 2.36. The zero-order valence-electron chi connectivity index (χ0n) is 17.2. The van der Waals surface area contributed by atoms with Gasteiger partial charge in [0.2, 0.25) is 0 Å². The summed E-state index contributed by atoms with van der Waals surface area (Å²) in [4.78, 5) is 0. The van der Waals surface area contributed by atoms with Crippen LogP contribution in [0.3, 0.4) is 0 Å². The molecule has 0 bridgehead atoms. The van der Waals surface area contributed by atoms with Gasteiger partial charge in [-0.05, 0) is 112 Å². The van der Waals surface area contributed by atoms with E-state index in [9.17, 15) is 9.32 Å². The maximum atomic E-state index is 12.7. The zero-order valence-corrected chi connectivity index (χ0v) is 18.0. The van der Waals surface area contributed by atoms with Crippen molar-refractivity contribution in [3.8, 4) is 11.5 Å². The van der Waals surface area contributed by atoms with E-state index in [-0.39, 0.29) is 5.75 Å². The third kappa shape index (κ3) is 3.32. The first kappa shape index (κ1) is 20.3. The van der Waals surface area contributed by atoms with Gasteiger partial charge in [0.15, 0.2) is 0 Å². The fourth-order valence-corrected chi connectivity index (χ4v) is 4.13. The second kappa shape index (κ2) is 7.31. The number of phenols is 1. The van der Waals surface area contributed by atoms with E-state index in [1.807, 2.05) is 41.5 Å². The average Bonchev–Trinajstić information content (AvgIpc) is 2.62. The summed E-state index contributed by atoms with van der Waals surface area (Å²) < 4.78 is 21.5. The molecule has 0 amide bonds. The summed E-state index contributed by atoms with van der Waals surface area (Å²) in [5.74, 6) is 0.952. The minimum Gasteiger partial charge on any atom is -0.507 e. The van der Waals surface area contributed by atoms with Crippen LogP contribution in [0.5, 0.6) is 11.5 Å². The van der Waals surface area contributed by atoms with Gasteiger partial charge < -0.3 is 9.29 Å². The van der Waals surface area contributed by atoms with Gasteiger partial charge >= 0.3 is 11.3 Å². The number of nitrogens with one attached hydrogen (secondary N) is 1. The Labute approximate surface area is 159 Å². The minimum atomic E-state index is -1.74. The van der Waals surface area contributed by atoms with Gasteiger partial charge in [0, 0.05) is 0 Å². The van der Waals surface area contributed by atoms with Crippen LogP contribution in [0.4, 0.5) is 5.69 Å². The van der Waals surface area contributed by atoms with E-state index in [1.54, 1.807) is 0 Å². The lowest BCUT2D eigenvalue weighted by molar-refractivity contribution is 0.466. The van der Waals surface area contributed by atoms with Crippen molar-refractivity contribution in [1.29, 1.82) is 0 Å². The molecular formula is C21H29NO3S. The van der Waals surface area contributed by atoms with Crippen molar-refractivity contribution < 1.29 is 13.5 Å². The third-order valence-corrected chi connectivity index (χ3v) is 6.55. The lowest BCUT2D eigenvalue weighted by Crippen LogP contribution is -2.15. The van der Waals surface area contributed by atoms with Gasteiger partial charge in [0.25, 0.3) is 0 Å². The first-order chi connectivity index (χ1) is 12.0. The van der Waals surface area contributed by atoms with Crippen LogP contribution in [-0.2, 0) is 11.3 Å². The standard InChI is InChI=1S/C21H29NO3S/c1-10-11(2)17(8)21(18(9)12(10)3)25-26(24)22-19-13(4)15(6)20(23)16(7)14(19)5/h22-23H,1-9H3. The molecule has 0 heterocycles. The molecule has 2 rings (SSSR count). The van der Waals surface area contributed by atoms with Crippen molar-refractivity contribution in [2.75, 3.05) is 4.72 Å². The molecule has 4 nitrogen and oxygen atoms in total. The molecule has 0 saturated carbocycles. The van der Waals surface area contributed by atoms with E-state index in [0.717, 1.165) is 50.2 Å². The molecule has 5 heteroatoms. The summed E-state index contributed by atoms with van der Waals surface area (Å²) in [6, 6.07) is 0. The fourth-order valence-electron chi connectivity index (χ4n) is 3.22. The molecule has 0 radical (unpaired) electrons. The number of phenolic OH excluding ortho intramolecular Hbond substituents is 1. The van der Waals surface area contributed by atoms with Gasteiger partial charge in [0.05, 0.1) is 5.69 Å². The number of hydrogen-bond acceptors (Lipinski definition) is 3. The molecule has 26 heavy (non-hydrogen) atoms. The summed E-state index contributed by atoms with van der Waals surface area (Å²) in [5.41, 5.74) is 9.60. The molecule has 0 saturated heterocycles. The Morgan fingerprint density at radius 3 is 1.46 bits per heavy atom. The Hall–Kier alpha value is -2.01. The van der Waals surface area contributed by atoms with E-state index in [2.05, 4.69) is 25.5 Å². The second-order valence-electron chi connectivity index (χ2n) is 7.10. The highest BCUT2D eigenvalue weighted by molar-refractivity contribution is 7.82. The Morgan fingerprint density at radius 2 is 1.04 bits per heavy atom. The number of rotatable bonds is 4. The van der Waals surface area contributed by atoms with Crippen LogP contribution in [0.15, 0.2) is 0 Å². The number of hydrogen-bond donors (Lipinski definition) is 2. The van der Waals surface area contributed by atoms with Crippen LogP contribution in [0.2, 0.25) is 0 Å². The van der Waals surface area contributed by atoms with Crippen LogP contribution in [0, 0.1) is 62.3 Å². The van der Waals surface area contributed by atoms with Crippen LogP contribution in [-0.4, -0.2) is 9.32 Å². The lowest BCUT2D eigenvalue weighted by Gasteiger charge is -2.20. The van der Waals surface area contributed by atoms with Crippen molar-refractivity contribution in [3.63, 3.8) is 0 Å². The molecule has 2 aromatic carbocycles. The maximum absolute atomic E-state index is 12.7. The maximum Gasteiger partial charge on any atom is 0.316 e. The Balaban J connectivity index is 2.41. The van der Waals surface area contributed by atoms with Crippen molar-refractivity contribution in [2.45, 2.75) is 62.3 Å². The smallest absolute Gasteiger partial charge is 0.316 e. The third-order valence-electron chi connectivity index (χ3n) is 5.86. The molecule has 0 fully saturated rings. The predicted octanol–water partition coefficient (Wildman–Crippen LogP) is 5.24. The molecular weight excluding hydrogens is 346 g/mol. The predicted molar refractivity (Wildman–Crippen MR) is 110 cm³/mol. The lowest BCUT2D eigenvalue weighted by atomic mass is 9.94. The quantitative estimate of drug-likeness (QED) is 0.719. The minimum absolute atomic E-state index is 0.286. The monoisotopic (exact) mass is 375 g/mol. The Bertz CT molecular complexity index is 785. The Kier molecular flexibility index (Phi) is 5.71. The molecule has 1 unspecified atom stereocenters. The normalized spacial score (nSPS) is 12.2. The highest BCUT2D eigenvalue weighted by Gasteiger charge is 2.19. The summed E-state index contributed by atoms with van der Waals surface area (Å²) in [6.07, 6.45) is 0. The van der Waals surface area contributed by atoms with Gasteiger partial charge in [-0.2, -0.15) is 4.21 Å². The summed E-state index contributed by atoms with van der Waals surface area (Å²) in [6.45, 7) is 17.7. The molecule has 1 atom stereocenters. The molecule has 142 valence electrons. The Morgan fingerprint density at radius 1 is 0.654 bits per heavy atom. The van der Waals surface area contributed by atoms with Crippen LogP contribution < -0.4 is 8.91 Å². The molecule has 2 N–H and O–H groups in total. The van der Waals surface area contributed by atoms with Gasteiger partial charge in [-0.3, -0.25) is 4.72 Å². The van der Waals surface area contributed by atoms with Crippen molar-refractivity contribution in [3.05, 3.63) is 50.1 Å². The van der Waals surface area contributed by atoms with E-state index in [4.69, 9.17) is 4.18 Å². The summed E-state index contributed by atoms with van der Waals surface area (Å²) >= 11 is -1.74. The van der Waals surface area contributed by atoms with Crippen LogP contribution in [0.1, 0.15) is 50.1 Å². The van der Waals surface area contributed by atoms with E-state index in [1.165, 1.54) is 5.56 Å². The molecule has 0 aliphatic carbocycles. The first-order valence-corrected chi connectivity index (χ1v) is 9.79. The van der Waals surface area contributed by atoms with Crippen molar-refractivity contribution in [1.82, 2.24) is 0 Å². The number of benzene rings is 2. The van der Waals surface area contributed by atoms with E-state index >= 15 is 0 Å². The molecule has 0 aliphatic rings. The number of anilines is 1. The number of aromatic hydroxyl groups is 1. The largest absolute Gasteiger partial charge is 0.507 e.